The molecule has 0 aliphatic rings. The van der Waals surface area contributed by atoms with Gasteiger partial charge in [-0.1, -0.05) is 35.9 Å². The molecule has 0 fully saturated rings. The molecule has 0 atom stereocenters. The van der Waals surface area contributed by atoms with Crippen LogP contribution in [0.5, 0.6) is 0 Å². The van der Waals surface area contributed by atoms with Gasteiger partial charge in [0.25, 0.3) is 0 Å². The second-order valence-corrected chi connectivity index (χ2v) is 6.00. The van der Waals surface area contributed by atoms with Crippen molar-refractivity contribution in [2.75, 3.05) is 5.32 Å². The van der Waals surface area contributed by atoms with Crippen molar-refractivity contribution in [1.29, 1.82) is 0 Å². The number of carbonyl (C=O) groups excluding carboxylic acids is 3. The Kier molecular flexibility index (Phi) is 5.88. The maximum atomic E-state index is 12.1. The molecule has 4 nitrogen and oxygen atoms in total. The van der Waals surface area contributed by atoms with E-state index in [2.05, 4.69) is 5.32 Å². The van der Waals surface area contributed by atoms with E-state index in [4.69, 9.17) is 11.6 Å². The number of anilines is 1. The van der Waals surface area contributed by atoms with Crippen LogP contribution in [-0.2, 0) is 4.79 Å². The number of ketones is 2. The molecule has 0 spiro atoms. The molecule has 0 bridgehead atoms. The SMILES string of the molecule is CC(=O)c1ccc(C)c(NC(=O)CCC(=O)c2cccc(Cl)c2)c1. The smallest absolute Gasteiger partial charge is 0.224 e. The Labute approximate surface area is 145 Å². The van der Waals surface area contributed by atoms with Crippen molar-refractivity contribution in [2.24, 2.45) is 0 Å². The van der Waals surface area contributed by atoms with Crippen LogP contribution in [0.25, 0.3) is 0 Å². The molecule has 2 rings (SSSR count). The van der Waals surface area contributed by atoms with E-state index in [1.165, 1.54) is 6.92 Å². The standard InChI is InChI=1S/C19H18ClNO3/c1-12-6-7-14(13(2)22)11-17(12)21-19(24)9-8-18(23)15-4-3-5-16(20)10-15/h3-7,10-11H,8-9H2,1-2H3,(H,21,24). The highest BCUT2D eigenvalue weighted by Crippen LogP contribution is 2.18. The predicted molar refractivity (Wildman–Crippen MR) is 94.8 cm³/mol. The molecular weight excluding hydrogens is 326 g/mol. The molecular formula is C19H18ClNO3. The zero-order valence-electron chi connectivity index (χ0n) is 13.6. The van der Waals surface area contributed by atoms with Gasteiger partial charge in [-0.15, -0.1) is 0 Å². The number of Topliss-reactive ketones (excluding diaryl/α,β-unsaturated/α-hetero) is 2. The van der Waals surface area contributed by atoms with Gasteiger partial charge in [0, 0.05) is 34.7 Å². The van der Waals surface area contributed by atoms with Gasteiger partial charge >= 0.3 is 0 Å². The first-order valence-corrected chi connectivity index (χ1v) is 7.95. The van der Waals surface area contributed by atoms with Crippen LogP contribution in [-0.4, -0.2) is 17.5 Å². The highest BCUT2D eigenvalue weighted by molar-refractivity contribution is 6.31. The largest absolute Gasteiger partial charge is 0.326 e. The van der Waals surface area contributed by atoms with Crippen molar-refractivity contribution in [3.05, 3.63) is 64.2 Å². The molecule has 0 unspecified atom stereocenters. The summed E-state index contributed by atoms with van der Waals surface area (Å²) in [6, 6.07) is 11.8. The van der Waals surface area contributed by atoms with Crippen LogP contribution in [0, 0.1) is 6.92 Å². The number of halogens is 1. The third-order valence-electron chi connectivity index (χ3n) is 3.64. The molecule has 1 amide bonds. The number of benzene rings is 2. The lowest BCUT2D eigenvalue weighted by Gasteiger charge is -2.09. The molecule has 0 saturated heterocycles. The fourth-order valence-electron chi connectivity index (χ4n) is 2.22. The van der Waals surface area contributed by atoms with Crippen LogP contribution in [0.3, 0.4) is 0 Å². The summed E-state index contributed by atoms with van der Waals surface area (Å²) < 4.78 is 0. The summed E-state index contributed by atoms with van der Waals surface area (Å²) in [6.07, 6.45) is 0.159. The van der Waals surface area contributed by atoms with Gasteiger partial charge in [-0.2, -0.15) is 0 Å². The van der Waals surface area contributed by atoms with Gasteiger partial charge in [0.05, 0.1) is 0 Å². The van der Waals surface area contributed by atoms with E-state index in [1.54, 1.807) is 42.5 Å². The second-order valence-electron chi connectivity index (χ2n) is 5.57. The Hall–Kier alpha value is -2.46. The zero-order chi connectivity index (χ0) is 17.7. The van der Waals surface area contributed by atoms with Crippen LogP contribution >= 0.6 is 11.6 Å². The van der Waals surface area contributed by atoms with Gasteiger partial charge in [-0.3, -0.25) is 14.4 Å². The Morgan fingerprint density at radius 2 is 1.75 bits per heavy atom. The van der Waals surface area contributed by atoms with E-state index < -0.39 is 0 Å². The molecule has 0 aliphatic heterocycles. The molecule has 1 N–H and O–H groups in total. The van der Waals surface area contributed by atoms with Crippen molar-refractivity contribution >= 4 is 34.8 Å². The maximum Gasteiger partial charge on any atom is 0.224 e. The fraction of sp³-hybridized carbons (Fsp3) is 0.211. The predicted octanol–water partition coefficient (Wildman–Crippen LogP) is 4.45. The van der Waals surface area contributed by atoms with Crippen molar-refractivity contribution < 1.29 is 14.4 Å². The third kappa shape index (κ3) is 4.77. The first kappa shape index (κ1) is 17.9. The summed E-state index contributed by atoms with van der Waals surface area (Å²) in [6.45, 7) is 3.32. The third-order valence-corrected chi connectivity index (χ3v) is 3.88. The number of nitrogens with one attached hydrogen (secondary N) is 1. The number of hydrogen-bond donors (Lipinski definition) is 1. The molecule has 0 aliphatic carbocycles. The average Bonchev–Trinajstić information content (AvgIpc) is 2.54. The minimum Gasteiger partial charge on any atom is -0.326 e. The number of rotatable bonds is 6. The number of carbonyl (C=O) groups is 3. The van der Waals surface area contributed by atoms with E-state index in [1.807, 2.05) is 6.92 Å². The Morgan fingerprint density at radius 1 is 1.00 bits per heavy atom. The lowest BCUT2D eigenvalue weighted by Crippen LogP contribution is -2.14. The molecule has 0 saturated carbocycles. The van der Waals surface area contributed by atoms with Crippen LogP contribution in [0.1, 0.15) is 46.0 Å². The van der Waals surface area contributed by atoms with Gasteiger partial charge in [0.15, 0.2) is 11.6 Å². The van der Waals surface area contributed by atoms with E-state index in [-0.39, 0.29) is 30.3 Å². The topological polar surface area (TPSA) is 63.2 Å². The Balaban J connectivity index is 1.97. The number of amides is 1. The summed E-state index contributed by atoms with van der Waals surface area (Å²) in [7, 11) is 0. The van der Waals surface area contributed by atoms with Crippen LogP contribution in [0.4, 0.5) is 5.69 Å². The summed E-state index contributed by atoms with van der Waals surface area (Å²) in [5.41, 5.74) is 2.47. The highest BCUT2D eigenvalue weighted by Gasteiger charge is 2.11. The van der Waals surface area contributed by atoms with Crippen LogP contribution in [0.15, 0.2) is 42.5 Å². The van der Waals surface area contributed by atoms with Gasteiger partial charge in [0.2, 0.25) is 5.91 Å². The first-order chi connectivity index (χ1) is 11.4. The van der Waals surface area contributed by atoms with E-state index in [0.717, 1.165) is 5.56 Å². The van der Waals surface area contributed by atoms with Gasteiger partial charge in [-0.25, -0.2) is 0 Å². The summed E-state index contributed by atoms with van der Waals surface area (Å²) in [5, 5.41) is 3.24. The van der Waals surface area contributed by atoms with E-state index in [0.29, 0.717) is 21.8 Å². The maximum absolute atomic E-state index is 12.1. The monoisotopic (exact) mass is 343 g/mol. The lowest BCUT2D eigenvalue weighted by molar-refractivity contribution is -0.116. The molecule has 24 heavy (non-hydrogen) atoms. The molecule has 0 aromatic heterocycles. The summed E-state index contributed by atoms with van der Waals surface area (Å²) in [5.74, 6) is -0.474. The highest BCUT2D eigenvalue weighted by atomic mass is 35.5. The zero-order valence-corrected chi connectivity index (χ0v) is 14.3. The fourth-order valence-corrected chi connectivity index (χ4v) is 2.41. The molecule has 2 aromatic carbocycles. The minimum atomic E-state index is -0.269. The number of hydrogen-bond acceptors (Lipinski definition) is 3. The lowest BCUT2D eigenvalue weighted by atomic mass is 10.1. The normalized spacial score (nSPS) is 10.3. The van der Waals surface area contributed by atoms with E-state index in [9.17, 15) is 14.4 Å². The van der Waals surface area contributed by atoms with Crippen LogP contribution in [0.2, 0.25) is 5.02 Å². The molecule has 0 radical (unpaired) electrons. The summed E-state index contributed by atoms with van der Waals surface area (Å²) in [4.78, 5) is 35.6. The van der Waals surface area contributed by atoms with Crippen molar-refractivity contribution in [2.45, 2.75) is 26.7 Å². The quantitative estimate of drug-likeness (QED) is 0.788. The van der Waals surface area contributed by atoms with Gasteiger partial charge in [-0.05, 0) is 37.6 Å². The van der Waals surface area contributed by atoms with Crippen molar-refractivity contribution in [3.63, 3.8) is 0 Å². The van der Waals surface area contributed by atoms with Crippen molar-refractivity contribution in [1.82, 2.24) is 0 Å². The Morgan fingerprint density at radius 3 is 2.42 bits per heavy atom. The minimum absolute atomic E-state index is 0.0646. The second kappa shape index (κ2) is 7.88. The molecule has 0 heterocycles. The average molecular weight is 344 g/mol. The first-order valence-electron chi connectivity index (χ1n) is 7.57. The summed E-state index contributed by atoms with van der Waals surface area (Å²) >= 11 is 5.86. The molecule has 124 valence electrons. The van der Waals surface area contributed by atoms with Crippen LogP contribution < -0.4 is 5.32 Å². The van der Waals surface area contributed by atoms with Gasteiger partial charge < -0.3 is 5.32 Å². The van der Waals surface area contributed by atoms with Gasteiger partial charge in [0.1, 0.15) is 0 Å². The molecule has 5 heteroatoms. The molecule has 2 aromatic rings. The van der Waals surface area contributed by atoms with Crippen molar-refractivity contribution in [3.8, 4) is 0 Å². The van der Waals surface area contributed by atoms with E-state index >= 15 is 0 Å². The number of aryl methyl sites for hydroxylation is 1. The Bertz CT molecular complexity index is 799.